The number of rotatable bonds is 5. The molecule has 0 aromatic heterocycles. The Bertz CT molecular complexity index is 818. The van der Waals surface area contributed by atoms with E-state index >= 15 is 0 Å². The fourth-order valence-corrected chi connectivity index (χ4v) is 3.67. The molecule has 2 aliphatic rings. The second kappa shape index (κ2) is 6.88. The number of carbonyl (C=O) groups is 1. The molecule has 6 nitrogen and oxygen atoms in total. The summed E-state index contributed by atoms with van der Waals surface area (Å²) < 4.78 is 16.4. The van der Waals surface area contributed by atoms with Gasteiger partial charge in [0.1, 0.15) is 5.75 Å². The summed E-state index contributed by atoms with van der Waals surface area (Å²) in [6, 6.07) is 11.1. The van der Waals surface area contributed by atoms with Gasteiger partial charge in [0.2, 0.25) is 6.79 Å². The normalized spacial score (nSPS) is 18.9. The Labute approximate surface area is 151 Å². The van der Waals surface area contributed by atoms with Gasteiger partial charge in [-0.25, -0.2) is 4.79 Å². The van der Waals surface area contributed by atoms with Gasteiger partial charge < -0.3 is 19.3 Å². The van der Waals surface area contributed by atoms with E-state index < -0.39 is 5.97 Å². The number of carboxylic acids is 1. The third-order valence-corrected chi connectivity index (χ3v) is 5.07. The van der Waals surface area contributed by atoms with Gasteiger partial charge in [0.15, 0.2) is 11.5 Å². The number of aromatic carboxylic acids is 1. The third-order valence-electron chi connectivity index (χ3n) is 5.07. The van der Waals surface area contributed by atoms with E-state index in [-0.39, 0.29) is 6.79 Å². The van der Waals surface area contributed by atoms with Crippen LogP contribution in [0.1, 0.15) is 33.8 Å². The van der Waals surface area contributed by atoms with Gasteiger partial charge in [-0.1, -0.05) is 12.1 Å². The van der Waals surface area contributed by atoms with Crippen LogP contribution in [-0.4, -0.2) is 43.0 Å². The van der Waals surface area contributed by atoms with Crippen LogP contribution >= 0.6 is 0 Å². The zero-order valence-corrected chi connectivity index (χ0v) is 14.6. The molecule has 1 N–H and O–H groups in total. The Kier molecular flexibility index (Phi) is 4.42. The van der Waals surface area contributed by atoms with Gasteiger partial charge in [-0.2, -0.15) is 0 Å². The van der Waals surface area contributed by atoms with Crippen LogP contribution in [0.15, 0.2) is 36.4 Å². The Morgan fingerprint density at radius 3 is 2.65 bits per heavy atom. The van der Waals surface area contributed by atoms with Gasteiger partial charge in [-0.15, -0.1) is 0 Å². The van der Waals surface area contributed by atoms with Crippen LogP contribution in [0, 0.1) is 0 Å². The number of benzene rings is 2. The standard InChI is InChI=1S/C20H21NO5/c1-24-17-9-19-18(25-12-26-19)8-16(17)11-21-7-6-15(10-21)13-2-4-14(5-3-13)20(22)23/h2-5,8-9,15H,6-7,10-12H2,1H3,(H,22,23)/t15-/m0/s1. The van der Waals surface area contributed by atoms with Gasteiger partial charge in [0, 0.05) is 24.7 Å². The Morgan fingerprint density at radius 2 is 1.96 bits per heavy atom. The summed E-state index contributed by atoms with van der Waals surface area (Å²) in [5, 5.41) is 9.02. The fraction of sp³-hybridized carbons (Fsp3) is 0.350. The lowest BCUT2D eigenvalue weighted by atomic mass is 9.97. The SMILES string of the molecule is COc1cc2c(cc1CN1CC[C@H](c3ccc(C(=O)O)cc3)C1)OCO2. The highest BCUT2D eigenvalue weighted by molar-refractivity contribution is 5.87. The van der Waals surface area contributed by atoms with Gasteiger partial charge >= 0.3 is 5.97 Å². The van der Waals surface area contributed by atoms with Gasteiger partial charge in [0.25, 0.3) is 0 Å². The summed E-state index contributed by atoms with van der Waals surface area (Å²) in [6.45, 7) is 2.95. The van der Waals surface area contributed by atoms with E-state index in [1.807, 2.05) is 24.3 Å². The van der Waals surface area contributed by atoms with Crippen molar-refractivity contribution < 1.29 is 24.1 Å². The molecule has 0 unspecified atom stereocenters. The first-order chi connectivity index (χ1) is 12.6. The van der Waals surface area contributed by atoms with Crippen molar-refractivity contribution >= 4 is 5.97 Å². The van der Waals surface area contributed by atoms with Gasteiger partial charge in [0.05, 0.1) is 12.7 Å². The maximum Gasteiger partial charge on any atom is 0.335 e. The highest BCUT2D eigenvalue weighted by Crippen LogP contribution is 2.39. The summed E-state index contributed by atoms with van der Waals surface area (Å²) in [6.07, 6.45) is 1.05. The smallest absolute Gasteiger partial charge is 0.335 e. The molecule has 0 saturated carbocycles. The molecule has 0 radical (unpaired) electrons. The molecule has 0 spiro atoms. The van der Waals surface area contributed by atoms with Crippen molar-refractivity contribution in [2.24, 2.45) is 0 Å². The molecule has 136 valence electrons. The molecule has 2 aromatic carbocycles. The van der Waals surface area contributed by atoms with Crippen molar-refractivity contribution in [2.75, 3.05) is 27.0 Å². The largest absolute Gasteiger partial charge is 0.496 e. The zero-order valence-electron chi connectivity index (χ0n) is 14.6. The monoisotopic (exact) mass is 355 g/mol. The fourth-order valence-electron chi connectivity index (χ4n) is 3.67. The molecular weight excluding hydrogens is 334 g/mol. The molecule has 2 aliphatic heterocycles. The molecule has 1 atom stereocenters. The van der Waals surface area contributed by atoms with Gasteiger partial charge in [-0.05, 0) is 42.6 Å². The Balaban J connectivity index is 1.45. The van der Waals surface area contributed by atoms with Crippen molar-refractivity contribution in [2.45, 2.75) is 18.9 Å². The van der Waals surface area contributed by atoms with Crippen molar-refractivity contribution in [1.29, 1.82) is 0 Å². The van der Waals surface area contributed by atoms with Crippen LogP contribution in [0.4, 0.5) is 0 Å². The number of hydrogen-bond donors (Lipinski definition) is 1. The van der Waals surface area contributed by atoms with E-state index in [1.165, 1.54) is 5.56 Å². The maximum absolute atomic E-state index is 11.0. The van der Waals surface area contributed by atoms with Crippen LogP contribution in [0.25, 0.3) is 0 Å². The van der Waals surface area contributed by atoms with Crippen molar-refractivity contribution in [3.63, 3.8) is 0 Å². The van der Waals surface area contributed by atoms with Crippen LogP contribution in [0.5, 0.6) is 17.2 Å². The molecule has 26 heavy (non-hydrogen) atoms. The minimum absolute atomic E-state index is 0.250. The van der Waals surface area contributed by atoms with E-state index in [1.54, 1.807) is 19.2 Å². The number of carboxylic acid groups (broad SMARTS) is 1. The summed E-state index contributed by atoms with van der Waals surface area (Å²) in [7, 11) is 1.66. The number of nitrogens with zero attached hydrogens (tertiary/aromatic N) is 1. The minimum atomic E-state index is -0.889. The molecule has 2 heterocycles. The lowest BCUT2D eigenvalue weighted by Crippen LogP contribution is -2.20. The summed E-state index contributed by atoms with van der Waals surface area (Å²) in [5.41, 5.74) is 2.60. The number of methoxy groups -OCH3 is 1. The second-order valence-electron chi connectivity index (χ2n) is 6.67. The number of likely N-dealkylation sites (tertiary alicyclic amines) is 1. The molecule has 0 amide bonds. The summed E-state index contributed by atoms with van der Waals surface area (Å²) in [4.78, 5) is 13.4. The maximum atomic E-state index is 11.0. The highest BCUT2D eigenvalue weighted by Gasteiger charge is 2.26. The van der Waals surface area contributed by atoms with Gasteiger partial charge in [-0.3, -0.25) is 4.90 Å². The van der Waals surface area contributed by atoms with E-state index in [2.05, 4.69) is 4.90 Å². The topological polar surface area (TPSA) is 68.2 Å². The molecule has 6 heteroatoms. The molecule has 1 saturated heterocycles. The minimum Gasteiger partial charge on any atom is -0.496 e. The first-order valence-electron chi connectivity index (χ1n) is 8.66. The van der Waals surface area contributed by atoms with Crippen molar-refractivity contribution in [3.05, 3.63) is 53.1 Å². The Hall–Kier alpha value is -2.73. The first-order valence-corrected chi connectivity index (χ1v) is 8.66. The molecule has 0 aliphatic carbocycles. The number of hydrogen-bond acceptors (Lipinski definition) is 5. The molecular formula is C20H21NO5. The summed E-state index contributed by atoms with van der Waals surface area (Å²) in [5.74, 6) is 1.82. The predicted octanol–water partition coefficient (Wildman–Crippen LogP) is 3.11. The summed E-state index contributed by atoms with van der Waals surface area (Å²) >= 11 is 0. The average Bonchev–Trinajstić information content (AvgIpc) is 3.30. The molecule has 2 aromatic rings. The van der Waals surface area contributed by atoms with Crippen LogP contribution < -0.4 is 14.2 Å². The number of ether oxygens (including phenoxy) is 3. The predicted molar refractivity (Wildman–Crippen MR) is 95.2 cm³/mol. The van der Waals surface area contributed by atoms with E-state index in [0.717, 1.165) is 48.9 Å². The second-order valence-corrected chi connectivity index (χ2v) is 6.67. The molecule has 1 fully saturated rings. The van der Waals surface area contributed by atoms with E-state index in [9.17, 15) is 4.79 Å². The molecule has 0 bridgehead atoms. The van der Waals surface area contributed by atoms with Crippen LogP contribution in [0.2, 0.25) is 0 Å². The zero-order chi connectivity index (χ0) is 18.1. The van der Waals surface area contributed by atoms with Crippen LogP contribution in [0.3, 0.4) is 0 Å². The highest BCUT2D eigenvalue weighted by atomic mass is 16.7. The van der Waals surface area contributed by atoms with Crippen LogP contribution in [-0.2, 0) is 6.54 Å². The lowest BCUT2D eigenvalue weighted by molar-refractivity contribution is 0.0697. The van der Waals surface area contributed by atoms with E-state index in [4.69, 9.17) is 19.3 Å². The molecule has 4 rings (SSSR count). The first kappa shape index (κ1) is 16.7. The van der Waals surface area contributed by atoms with Crippen molar-refractivity contribution in [3.8, 4) is 17.2 Å². The quantitative estimate of drug-likeness (QED) is 0.889. The Morgan fingerprint density at radius 1 is 1.23 bits per heavy atom. The third kappa shape index (κ3) is 3.20. The number of fused-ring (bicyclic) bond motifs is 1. The van der Waals surface area contributed by atoms with E-state index in [0.29, 0.717) is 11.5 Å². The average molecular weight is 355 g/mol. The van der Waals surface area contributed by atoms with Crippen molar-refractivity contribution in [1.82, 2.24) is 4.90 Å². The lowest BCUT2D eigenvalue weighted by Gasteiger charge is -2.18.